The Morgan fingerprint density at radius 2 is 1.95 bits per heavy atom. The van der Waals surface area contributed by atoms with Crippen LogP contribution in [0.2, 0.25) is 0 Å². The Kier molecular flexibility index (Phi) is 4.38. The highest BCUT2D eigenvalue weighted by Crippen LogP contribution is 2.20. The van der Waals surface area contributed by atoms with Crippen LogP contribution in [0, 0.1) is 3.57 Å². The lowest BCUT2D eigenvalue weighted by Crippen LogP contribution is -2.15. The molecule has 1 aromatic heterocycles. The zero-order valence-corrected chi connectivity index (χ0v) is 12.7. The molecule has 5 nitrogen and oxygen atoms in total. The molecule has 1 aromatic carbocycles. The summed E-state index contributed by atoms with van der Waals surface area (Å²) < 4.78 is 27.5. The molecule has 0 amide bonds. The molecule has 0 spiro atoms. The number of halogens is 1. The van der Waals surface area contributed by atoms with E-state index in [0.29, 0.717) is 11.3 Å². The van der Waals surface area contributed by atoms with Gasteiger partial charge in [-0.25, -0.2) is 4.98 Å². The summed E-state index contributed by atoms with van der Waals surface area (Å²) in [7, 11) is -3.71. The first-order chi connectivity index (χ1) is 9.03. The van der Waals surface area contributed by atoms with Crippen LogP contribution in [0.1, 0.15) is 5.56 Å². The number of rotatable bonds is 4. The molecule has 0 aliphatic rings. The maximum atomic E-state index is 12.1. The average Bonchev–Trinajstić information content (AvgIpc) is 2.41. The minimum absolute atomic E-state index is 0.0793. The molecule has 2 N–H and O–H groups in total. The highest BCUT2D eigenvalue weighted by molar-refractivity contribution is 14.1. The van der Waals surface area contributed by atoms with Crippen LogP contribution in [0.25, 0.3) is 0 Å². The number of pyridine rings is 1. The summed E-state index contributed by atoms with van der Waals surface area (Å²) in [5.41, 5.74) is 1.07. The maximum absolute atomic E-state index is 12.1. The third kappa shape index (κ3) is 3.43. The van der Waals surface area contributed by atoms with Gasteiger partial charge in [0.1, 0.15) is 0 Å². The predicted octanol–water partition coefficient (Wildman–Crippen LogP) is 1.98. The molecule has 0 bridgehead atoms. The lowest BCUT2D eigenvalue weighted by atomic mass is 10.3. The monoisotopic (exact) mass is 390 g/mol. The molecule has 0 saturated carbocycles. The number of aromatic nitrogens is 1. The fourth-order valence-corrected chi connectivity index (χ4v) is 3.12. The molecule has 0 aliphatic carbocycles. The van der Waals surface area contributed by atoms with Crippen LogP contribution < -0.4 is 4.72 Å². The number of benzene rings is 1. The van der Waals surface area contributed by atoms with E-state index >= 15 is 0 Å². The van der Waals surface area contributed by atoms with Crippen molar-refractivity contribution in [3.8, 4) is 0 Å². The van der Waals surface area contributed by atoms with Crippen LogP contribution in [0.3, 0.4) is 0 Å². The number of anilines is 1. The SMILES string of the molecule is O=S(=O)(Nc1ccccc1I)c1ccc(CO)cn1. The molecule has 0 fully saturated rings. The highest BCUT2D eigenvalue weighted by atomic mass is 127. The minimum atomic E-state index is -3.71. The van der Waals surface area contributed by atoms with Gasteiger partial charge in [0.15, 0.2) is 5.03 Å². The van der Waals surface area contributed by atoms with Crippen molar-refractivity contribution in [1.82, 2.24) is 4.98 Å². The van der Waals surface area contributed by atoms with Gasteiger partial charge in [-0.2, -0.15) is 8.42 Å². The number of nitrogens with one attached hydrogen (secondary N) is 1. The molecule has 2 rings (SSSR count). The number of aliphatic hydroxyl groups excluding tert-OH is 1. The van der Waals surface area contributed by atoms with Crippen molar-refractivity contribution in [3.05, 3.63) is 51.7 Å². The summed E-state index contributed by atoms with van der Waals surface area (Å²) in [6, 6.07) is 9.96. The second-order valence-corrected chi connectivity index (χ2v) is 6.54. The van der Waals surface area contributed by atoms with Crippen molar-refractivity contribution in [2.45, 2.75) is 11.6 Å². The van der Waals surface area contributed by atoms with Gasteiger partial charge in [0.2, 0.25) is 0 Å². The summed E-state index contributed by atoms with van der Waals surface area (Å²) in [5, 5.41) is 8.82. The Morgan fingerprint density at radius 1 is 1.21 bits per heavy atom. The van der Waals surface area contributed by atoms with Crippen molar-refractivity contribution in [2.75, 3.05) is 4.72 Å². The van der Waals surface area contributed by atoms with E-state index in [1.807, 2.05) is 6.07 Å². The number of aliphatic hydroxyl groups is 1. The van der Waals surface area contributed by atoms with Crippen LogP contribution in [0.4, 0.5) is 5.69 Å². The van der Waals surface area contributed by atoms with Crippen molar-refractivity contribution >= 4 is 38.3 Å². The fraction of sp³-hybridized carbons (Fsp3) is 0.0833. The molecule has 0 radical (unpaired) electrons. The van der Waals surface area contributed by atoms with E-state index in [1.54, 1.807) is 18.2 Å². The van der Waals surface area contributed by atoms with Gasteiger partial charge in [-0.05, 0) is 46.4 Å². The summed E-state index contributed by atoms with van der Waals surface area (Å²) in [4.78, 5) is 3.83. The fourth-order valence-electron chi connectivity index (χ4n) is 1.40. The third-order valence-corrected chi connectivity index (χ3v) is 4.60. The molecule has 100 valence electrons. The van der Waals surface area contributed by atoms with E-state index in [9.17, 15) is 8.42 Å². The average molecular weight is 390 g/mol. The summed E-state index contributed by atoms with van der Waals surface area (Å²) in [5.74, 6) is 0. The number of sulfonamides is 1. The van der Waals surface area contributed by atoms with Crippen LogP contribution in [-0.4, -0.2) is 18.5 Å². The maximum Gasteiger partial charge on any atom is 0.279 e. The highest BCUT2D eigenvalue weighted by Gasteiger charge is 2.16. The molecular formula is C12H11IN2O3S. The minimum Gasteiger partial charge on any atom is -0.392 e. The summed E-state index contributed by atoms with van der Waals surface area (Å²) in [6.07, 6.45) is 1.34. The Balaban J connectivity index is 2.30. The molecule has 1 heterocycles. The predicted molar refractivity (Wildman–Crippen MR) is 80.1 cm³/mol. The van der Waals surface area contributed by atoms with E-state index in [-0.39, 0.29) is 11.6 Å². The normalized spacial score (nSPS) is 11.3. The smallest absolute Gasteiger partial charge is 0.279 e. The van der Waals surface area contributed by atoms with E-state index in [0.717, 1.165) is 3.57 Å². The van der Waals surface area contributed by atoms with Gasteiger partial charge in [-0.15, -0.1) is 0 Å². The zero-order valence-electron chi connectivity index (χ0n) is 9.75. The first-order valence-corrected chi connectivity index (χ1v) is 7.92. The van der Waals surface area contributed by atoms with Gasteiger partial charge in [0, 0.05) is 9.77 Å². The number of para-hydroxylation sites is 1. The summed E-state index contributed by atoms with van der Waals surface area (Å²) in [6.45, 7) is -0.169. The van der Waals surface area contributed by atoms with Gasteiger partial charge >= 0.3 is 0 Å². The van der Waals surface area contributed by atoms with Crippen molar-refractivity contribution < 1.29 is 13.5 Å². The van der Waals surface area contributed by atoms with Crippen molar-refractivity contribution in [2.24, 2.45) is 0 Å². The molecule has 0 unspecified atom stereocenters. The molecule has 7 heteroatoms. The standard InChI is InChI=1S/C12H11IN2O3S/c13-10-3-1-2-4-11(10)15-19(17,18)12-6-5-9(8-16)7-14-12/h1-7,15-16H,8H2. The number of hydrogen-bond acceptors (Lipinski definition) is 4. The Hall–Kier alpha value is -1.19. The van der Waals surface area contributed by atoms with Crippen LogP contribution in [-0.2, 0) is 16.6 Å². The number of nitrogens with zero attached hydrogens (tertiary/aromatic N) is 1. The van der Waals surface area contributed by atoms with Crippen molar-refractivity contribution in [1.29, 1.82) is 0 Å². The molecule has 2 aromatic rings. The quantitative estimate of drug-likeness (QED) is 0.783. The van der Waals surface area contributed by atoms with Gasteiger partial charge in [-0.3, -0.25) is 4.72 Å². The number of hydrogen-bond donors (Lipinski definition) is 2. The van der Waals surface area contributed by atoms with Gasteiger partial charge in [-0.1, -0.05) is 18.2 Å². The zero-order chi connectivity index (χ0) is 13.9. The van der Waals surface area contributed by atoms with Crippen molar-refractivity contribution in [3.63, 3.8) is 0 Å². The molecule has 0 aliphatic heterocycles. The molecular weight excluding hydrogens is 379 g/mol. The first-order valence-electron chi connectivity index (χ1n) is 5.36. The van der Waals surface area contributed by atoms with E-state index < -0.39 is 10.0 Å². The van der Waals surface area contributed by atoms with E-state index in [2.05, 4.69) is 32.3 Å². The van der Waals surface area contributed by atoms with Crippen LogP contribution in [0.15, 0.2) is 47.6 Å². The largest absolute Gasteiger partial charge is 0.392 e. The van der Waals surface area contributed by atoms with Crippen LogP contribution in [0.5, 0.6) is 0 Å². The van der Waals surface area contributed by atoms with E-state index in [1.165, 1.54) is 18.3 Å². The lowest BCUT2D eigenvalue weighted by Gasteiger charge is -2.09. The van der Waals surface area contributed by atoms with Gasteiger partial charge in [0.05, 0.1) is 12.3 Å². The van der Waals surface area contributed by atoms with Crippen LogP contribution >= 0.6 is 22.6 Å². The summed E-state index contributed by atoms with van der Waals surface area (Å²) >= 11 is 2.05. The second-order valence-electron chi connectivity index (χ2n) is 3.75. The third-order valence-electron chi connectivity index (χ3n) is 2.37. The Morgan fingerprint density at radius 3 is 2.53 bits per heavy atom. The molecule has 19 heavy (non-hydrogen) atoms. The van der Waals surface area contributed by atoms with Gasteiger partial charge < -0.3 is 5.11 Å². The second kappa shape index (κ2) is 5.85. The Bertz CT molecular complexity index is 672. The van der Waals surface area contributed by atoms with Gasteiger partial charge in [0.25, 0.3) is 10.0 Å². The first kappa shape index (κ1) is 14.2. The van der Waals surface area contributed by atoms with E-state index in [4.69, 9.17) is 5.11 Å². The topological polar surface area (TPSA) is 79.3 Å². The Labute approximate surface area is 124 Å². The lowest BCUT2D eigenvalue weighted by molar-refractivity contribution is 0.281. The molecule has 0 atom stereocenters. The molecule has 0 saturated heterocycles.